The van der Waals surface area contributed by atoms with E-state index in [1.54, 1.807) is 12.1 Å². The minimum atomic E-state index is -0.424. The minimum Gasteiger partial charge on any atom is -0.508 e. The molecule has 1 aromatic carbocycles. The van der Waals surface area contributed by atoms with Crippen molar-refractivity contribution >= 4 is 17.3 Å². The fourth-order valence-corrected chi connectivity index (χ4v) is 2.94. The van der Waals surface area contributed by atoms with Gasteiger partial charge in [-0.05, 0) is 37.1 Å². The van der Waals surface area contributed by atoms with Crippen LogP contribution in [0.25, 0.3) is 11.0 Å². The summed E-state index contributed by atoms with van der Waals surface area (Å²) >= 11 is 0. The molecule has 1 saturated heterocycles. The summed E-state index contributed by atoms with van der Waals surface area (Å²) in [5.74, 6) is 0.149. The van der Waals surface area contributed by atoms with Gasteiger partial charge in [0.15, 0.2) is 0 Å². The van der Waals surface area contributed by atoms with Gasteiger partial charge in [-0.25, -0.2) is 4.79 Å². The molecular formula is C16H17NO4. The van der Waals surface area contributed by atoms with Crippen LogP contribution in [0.1, 0.15) is 18.4 Å². The lowest BCUT2D eigenvalue weighted by Gasteiger charge is -2.30. The summed E-state index contributed by atoms with van der Waals surface area (Å²) in [6.45, 7) is 2.25. The van der Waals surface area contributed by atoms with Crippen molar-refractivity contribution in [2.24, 2.45) is 5.92 Å². The van der Waals surface area contributed by atoms with Crippen LogP contribution >= 0.6 is 0 Å². The molecule has 1 aliphatic heterocycles. The third-order valence-electron chi connectivity index (χ3n) is 3.94. The van der Waals surface area contributed by atoms with E-state index in [2.05, 4.69) is 4.90 Å². The first-order valence-electron chi connectivity index (χ1n) is 7.09. The van der Waals surface area contributed by atoms with Gasteiger partial charge in [-0.15, -0.1) is 0 Å². The number of likely N-dealkylation sites (tertiary alicyclic amines) is 1. The Morgan fingerprint density at radius 1 is 1.38 bits per heavy atom. The Bertz CT molecular complexity index is 722. The second-order valence-corrected chi connectivity index (χ2v) is 5.54. The molecule has 0 bridgehead atoms. The van der Waals surface area contributed by atoms with Crippen LogP contribution in [0.5, 0.6) is 5.75 Å². The average molecular weight is 287 g/mol. The molecule has 1 fully saturated rings. The number of aldehydes is 1. The fourth-order valence-electron chi connectivity index (χ4n) is 2.94. The predicted molar refractivity (Wildman–Crippen MR) is 78.2 cm³/mol. The molecule has 5 nitrogen and oxygen atoms in total. The molecule has 0 amide bonds. The van der Waals surface area contributed by atoms with Crippen LogP contribution in [0.3, 0.4) is 0 Å². The Morgan fingerprint density at radius 3 is 3.05 bits per heavy atom. The van der Waals surface area contributed by atoms with E-state index in [4.69, 9.17) is 4.42 Å². The van der Waals surface area contributed by atoms with Gasteiger partial charge in [-0.1, -0.05) is 0 Å². The van der Waals surface area contributed by atoms with Crippen LogP contribution in [-0.4, -0.2) is 29.4 Å². The molecule has 3 rings (SSSR count). The van der Waals surface area contributed by atoms with Crippen molar-refractivity contribution < 1.29 is 14.3 Å². The van der Waals surface area contributed by atoms with E-state index in [9.17, 15) is 14.7 Å². The summed E-state index contributed by atoms with van der Waals surface area (Å²) in [4.78, 5) is 24.8. The number of carbonyl (C=O) groups is 1. The summed E-state index contributed by atoms with van der Waals surface area (Å²) in [6.07, 6.45) is 2.94. The molecular weight excluding hydrogens is 270 g/mol. The maximum atomic E-state index is 11.7. The monoisotopic (exact) mass is 287 g/mol. The number of piperidine rings is 1. The molecule has 1 N–H and O–H groups in total. The molecule has 2 heterocycles. The Hall–Kier alpha value is -2.14. The van der Waals surface area contributed by atoms with Crippen molar-refractivity contribution in [2.45, 2.75) is 19.4 Å². The van der Waals surface area contributed by atoms with Crippen LogP contribution in [-0.2, 0) is 11.3 Å². The Labute approximate surface area is 121 Å². The number of phenolic OH excluding ortho intramolecular Hbond substituents is 1. The van der Waals surface area contributed by atoms with E-state index >= 15 is 0 Å². The molecule has 0 saturated carbocycles. The molecule has 1 unspecified atom stereocenters. The molecule has 110 valence electrons. The number of benzene rings is 1. The van der Waals surface area contributed by atoms with Crippen LogP contribution in [0.4, 0.5) is 0 Å². The van der Waals surface area contributed by atoms with E-state index in [-0.39, 0.29) is 11.7 Å². The van der Waals surface area contributed by atoms with E-state index in [1.807, 2.05) is 0 Å². The summed E-state index contributed by atoms with van der Waals surface area (Å²) in [7, 11) is 0. The van der Waals surface area contributed by atoms with Gasteiger partial charge in [0.05, 0.1) is 0 Å². The number of nitrogens with zero attached hydrogens (tertiary/aromatic N) is 1. The topological polar surface area (TPSA) is 70.8 Å². The first-order valence-corrected chi connectivity index (χ1v) is 7.09. The maximum absolute atomic E-state index is 11.7. The highest BCUT2D eigenvalue weighted by Gasteiger charge is 2.20. The molecule has 2 aromatic rings. The zero-order valence-corrected chi connectivity index (χ0v) is 11.6. The SMILES string of the molecule is O=CC1CCCN(Cc2cc(=O)oc3cc(O)ccc23)C1. The molecule has 0 spiro atoms. The van der Waals surface area contributed by atoms with Gasteiger partial charge in [-0.2, -0.15) is 0 Å². The van der Waals surface area contributed by atoms with Crippen molar-refractivity contribution in [3.63, 3.8) is 0 Å². The van der Waals surface area contributed by atoms with Gasteiger partial charge in [0.25, 0.3) is 0 Å². The van der Waals surface area contributed by atoms with Crippen molar-refractivity contribution in [1.82, 2.24) is 4.90 Å². The van der Waals surface area contributed by atoms with Gasteiger partial charge in [0, 0.05) is 36.5 Å². The highest BCUT2D eigenvalue weighted by atomic mass is 16.4. The van der Waals surface area contributed by atoms with Gasteiger partial charge in [-0.3, -0.25) is 4.90 Å². The number of carbonyl (C=O) groups excluding carboxylic acids is 1. The first-order chi connectivity index (χ1) is 10.2. The normalized spacial score (nSPS) is 19.7. The third kappa shape index (κ3) is 2.97. The van der Waals surface area contributed by atoms with Crippen molar-refractivity contribution in [2.75, 3.05) is 13.1 Å². The number of phenols is 1. The van der Waals surface area contributed by atoms with E-state index in [0.29, 0.717) is 12.1 Å². The second-order valence-electron chi connectivity index (χ2n) is 5.54. The number of hydrogen-bond acceptors (Lipinski definition) is 5. The highest BCUT2D eigenvalue weighted by molar-refractivity contribution is 5.81. The van der Waals surface area contributed by atoms with Crippen molar-refractivity contribution in [1.29, 1.82) is 0 Å². The average Bonchev–Trinajstić information content (AvgIpc) is 2.46. The summed E-state index contributed by atoms with van der Waals surface area (Å²) in [5, 5.41) is 10.3. The predicted octanol–water partition coefficient (Wildman–Crippen LogP) is 1.91. The van der Waals surface area contributed by atoms with Crippen molar-refractivity contribution in [3.05, 3.63) is 40.2 Å². The lowest BCUT2D eigenvalue weighted by atomic mass is 9.99. The largest absolute Gasteiger partial charge is 0.508 e. The standard InChI is InChI=1S/C16H17NO4/c18-10-11-2-1-5-17(8-11)9-12-6-16(20)21-15-7-13(19)3-4-14(12)15/h3-4,6-7,10-11,19H,1-2,5,8-9H2. The molecule has 0 radical (unpaired) electrons. The molecule has 1 aromatic heterocycles. The smallest absolute Gasteiger partial charge is 0.336 e. The number of hydrogen-bond donors (Lipinski definition) is 1. The lowest BCUT2D eigenvalue weighted by molar-refractivity contribution is -0.112. The van der Waals surface area contributed by atoms with Crippen LogP contribution in [0.15, 0.2) is 33.5 Å². The zero-order valence-electron chi connectivity index (χ0n) is 11.6. The molecule has 21 heavy (non-hydrogen) atoms. The van der Waals surface area contributed by atoms with E-state index < -0.39 is 5.63 Å². The second kappa shape index (κ2) is 5.69. The number of fused-ring (bicyclic) bond motifs is 1. The number of aromatic hydroxyl groups is 1. The Kier molecular flexibility index (Phi) is 3.75. The van der Waals surface area contributed by atoms with Gasteiger partial charge in [0.1, 0.15) is 17.6 Å². The van der Waals surface area contributed by atoms with Crippen LogP contribution in [0, 0.1) is 5.92 Å². The minimum absolute atomic E-state index is 0.0711. The third-order valence-corrected chi connectivity index (χ3v) is 3.94. The van der Waals surface area contributed by atoms with Gasteiger partial charge < -0.3 is 14.3 Å². The number of rotatable bonds is 3. The molecule has 5 heteroatoms. The molecule has 1 aliphatic rings. The Morgan fingerprint density at radius 2 is 2.24 bits per heavy atom. The summed E-state index contributed by atoms with van der Waals surface area (Å²) in [5.41, 5.74) is 0.835. The quantitative estimate of drug-likeness (QED) is 0.689. The molecule has 1 atom stereocenters. The molecule has 0 aliphatic carbocycles. The first kappa shape index (κ1) is 13.8. The van der Waals surface area contributed by atoms with Gasteiger partial charge in [0.2, 0.25) is 0 Å². The maximum Gasteiger partial charge on any atom is 0.336 e. The summed E-state index contributed by atoms with van der Waals surface area (Å²) in [6, 6.07) is 6.27. The summed E-state index contributed by atoms with van der Waals surface area (Å²) < 4.78 is 5.12. The van der Waals surface area contributed by atoms with E-state index in [1.165, 1.54) is 12.1 Å². The zero-order chi connectivity index (χ0) is 14.8. The van der Waals surface area contributed by atoms with E-state index in [0.717, 1.165) is 43.2 Å². The van der Waals surface area contributed by atoms with Crippen molar-refractivity contribution in [3.8, 4) is 5.75 Å². The van der Waals surface area contributed by atoms with Gasteiger partial charge >= 0.3 is 5.63 Å². The van der Waals surface area contributed by atoms with Crippen LogP contribution in [0.2, 0.25) is 0 Å². The lowest BCUT2D eigenvalue weighted by Crippen LogP contribution is -2.35. The highest BCUT2D eigenvalue weighted by Crippen LogP contribution is 2.24. The van der Waals surface area contributed by atoms with Crippen LogP contribution < -0.4 is 5.63 Å². The Balaban J connectivity index is 1.93. The fraction of sp³-hybridized carbons (Fsp3) is 0.375.